The van der Waals surface area contributed by atoms with Gasteiger partial charge in [0.2, 0.25) is 0 Å². The van der Waals surface area contributed by atoms with Gasteiger partial charge in [-0.15, -0.1) is 0 Å². The molecular formula is C36H40N2O7. The molecule has 236 valence electrons. The van der Waals surface area contributed by atoms with Gasteiger partial charge >= 0.3 is 11.9 Å². The summed E-state index contributed by atoms with van der Waals surface area (Å²) in [6, 6.07) is 20.1. The van der Waals surface area contributed by atoms with Crippen molar-refractivity contribution in [1.82, 2.24) is 10.2 Å². The van der Waals surface area contributed by atoms with Gasteiger partial charge in [-0.05, 0) is 60.8 Å². The largest absolute Gasteiger partial charge is 0.392 e. The lowest BCUT2D eigenvalue weighted by atomic mass is 9.89. The summed E-state index contributed by atoms with van der Waals surface area (Å²) in [5.41, 5.74) is 4.26. The molecule has 9 nitrogen and oxygen atoms in total. The van der Waals surface area contributed by atoms with Crippen molar-refractivity contribution in [3.8, 4) is 0 Å². The Balaban J connectivity index is 1.14. The molecule has 0 spiro atoms. The number of hydrogen-bond donors (Lipinski definition) is 2. The van der Waals surface area contributed by atoms with E-state index in [-0.39, 0.29) is 53.9 Å². The van der Waals surface area contributed by atoms with Crippen molar-refractivity contribution >= 4 is 17.8 Å². The van der Waals surface area contributed by atoms with Crippen LogP contribution in [0, 0.1) is 5.92 Å². The third kappa shape index (κ3) is 7.17. The Morgan fingerprint density at radius 3 is 2.18 bits per heavy atom. The molecule has 3 aromatic rings. The summed E-state index contributed by atoms with van der Waals surface area (Å²) in [4.78, 5) is 38.9. The number of aliphatic hydroxyl groups excluding tert-OH is 1. The topological polar surface area (TPSA) is 114 Å². The number of likely N-dealkylation sites (tertiary alicyclic amines) is 1. The van der Waals surface area contributed by atoms with Crippen LogP contribution in [0.5, 0.6) is 0 Å². The molecule has 3 aliphatic heterocycles. The van der Waals surface area contributed by atoms with Crippen LogP contribution in [0.15, 0.2) is 66.7 Å². The van der Waals surface area contributed by atoms with Gasteiger partial charge in [-0.1, -0.05) is 74.7 Å². The number of carbonyl (C=O) groups is 3. The van der Waals surface area contributed by atoms with Gasteiger partial charge in [0.25, 0.3) is 5.91 Å². The maximum atomic E-state index is 12.8. The second kappa shape index (κ2) is 14.0. The van der Waals surface area contributed by atoms with Gasteiger partial charge < -0.3 is 29.5 Å². The molecule has 3 aliphatic rings. The molecule has 0 aromatic heterocycles. The number of amides is 1. The number of nitrogens with zero attached hydrogens (tertiary/aromatic N) is 1. The van der Waals surface area contributed by atoms with Crippen molar-refractivity contribution < 1.29 is 33.7 Å². The first-order chi connectivity index (χ1) is 21.9. The molecule has 0 radical (unpaired) electrons. The van der Waals surface area contributed by atoms with E-state index in [2.05, 4.69) is 21.9 Å². The summed E-state index contributed by atoms with van der Waals surface area (Å²) >= 11 is 0. The summed E-state index contributed by atoms with van der Waals surface area (Å²) in [6.45, 7) is 5.50. The van der Waals surface area contributed by atoms with Crippen LogP contribution in [0.4, 0.5) is 0 Å². The van der Waals surface area contributed by atoms with Gasteiger partial charge in [-0.3, -0.25) is 4.79 Å². The summed E-state index contributed by atoms with van der Waals surface area (Å²) in [5.74, 6) is -1.67. The summed E-state index contributed by atoms with van der Waals surface area (Å²) < 4.78 is 17.9. The molecule has 3 aromatic carbocycles. The molecule has 0 aliphatic carbocycles. The van der Waals surface area contributed by atoms with Gasteiger partial charge in [0.1, 0.15) is 0 Å². The van der Waals surface area contributed by atoms with Crippen LogP contribution in [0.3, 0.4) is 0 Å². The lowest BCUT2D eigenvalue weighted by molar-refractivity contribution is -0.276. The normalized spacial score (nSPS) is 24.0. The molecule has 1 amide bonds. The zero-order valence-electron chi connectivity index (χ0n) is 25.6. The van der Waals surface area contributed by atoms with Crippen molar-refractivity contribution in [3.05, 3.63) is 106 Å². The van der Waals surface area contributed by atoms with E-state index in [1.165, 1.54) is 50.3 Å². The predicted molar refractivity (Wildman–Crippen MR) is 166 cm³/mol. The molecule has 9 heteroatoms. The average Bonchev–Trinajstić information content (AvgIpc) is 3.34. The summed E-state index contributed by atoms with van der Waals surface area (Å²) in [5, 5.41) is 12.4. The molecule has 0 saturated carbocycles. The molecule has 1 unspecified atom stereocenters. The smallest absolute Gasteiger partial charge is 0.346 e. The number of cyclic esters (lactones) is 2. The molecule has 45 heavy (non-hydrogen) atoms. The Kier molecular flexibility index (Phi) is 9.70. The quantitative estimate of drug-likeness (QED) is 0.254. The fraction of sp³-hybridized carbons (Fsp3) is 0.417. The van der Waals surface area contributed by atoms with Crippen molar-refractivity contribution in [2.75, 3.05) is 19.6 Å². The van der Waals surface area contributed by atoms with Crippen LogP contribution >= 0.6 is 0 Å². The maximum Gasteiger partial charge on any atom is 0.346 e. The number of aliphatic hydroxyl groups is 1. The molecule has 2 N–H and O–H groups in total. The first kappa shape index (κ1) is 31.1. The minimum absolute atomic E-state index is 0.000438. The fourth-order valence-electron chi connectivity index (χ4n) is 6.38. The van der Waals surface area contributed by atoms with Gasteiger partial charge in [-0.2, -0.15) is 0 Å². The van der Waals surface area contributed by atoms with Crippen LogP contribution in [-0.2, 0) is 27.4 Å². The minimum Gasteiger partial charge on any atom is -0.392 e. The van der Waals surface area contributed by atoms with E-state index in [9.17, 15) is 19.5 Å². The number of rotatable bonds is 8. The molecule has 2 saturated heterocycles. The van der Waals surface area contributed by atoms with Gasteiger partial charge in [0.05, 0.1) is 29.9 Å². The van der Waals surface area contributed by atoms with Crippen molar-refractivity contribution in [3.63, 3.8) is 0 Å². The Labute approximate surface area is 263 Å². The van der Waals surface area contributed by atoms with E-state index in [1.54, 1.807) is 0 Å². The number of hydrogen-bond acceptors (Lipinski definition) is 8. The Morgan fingerprint density at radius 1 is 0.822 bits per heavy atom. The highest BCUT2D eigenvalue weighted by Gasteiger charge is 2.39. The first-order valence-electron chi connectivity index (χ1n) is 15.9. The zero-order valence-corrected chi connectivity index (χ0v) is 25.6. The zero-order chi connectivity index (χ0) is 31.3. The van der Waals surface area contributed by atoms with Gasteiger partial charge in [-0.25, -0.2) is 9.59 Å². The molecule has 6 rings (SSSR count). The lowest BCUT2D eigenvalue weighted by Gasteiger charge is -2.43. The number of carbonyl (C=O) groups excluding carboxylic acids is 3. The second-order valence-corrected chi connectivity index (χ2v) is 12.3. The highest BCUT2D eigenvalue weighted by molar-refractivity contribution is 6.15. The van der Waals surface area contributed by atoms with Crippen LogP contribution in [0.1, 0.15) is 105 Å². The number of ether oxygens (including phenoxy) is 3. The molecule has 0 bridgehead atoms. The van der Waals surface area contributed by atoms with Crippen molar-refractivity contribution in [1.29, 1.82) is 0 Å². The standard InChI is InChI=1S/C36H40N2O7/c1-23-31(21-38-17-5-3-2-4-6-18-38)43-36(44-32(23)26-11-9-25(22-39)10-12-26)27-13-7-24(8-14-27)20-37-33(40)28-15-16-29-30(19-28)35(42)45-34(29)41/h7-16,19,23,31-32,36,39H,2-6,17-18,20-22H2,1H3,(H,37,40)/t23-,31+,32+,36?/m0/s1. The van der Waals surface area contributed by atoms with Gasteiger partial charge in [0, 0.05) is 30.1 Å². The molecule has 4 atom stereocenters. The van der Waals surface area contributed by atoms with Crippen molar-refractivity contribution in [2.45, 2.75) is 70.7 Å². The lowest BCUT2D eigenvalue weighted by Crippen LogP contribution is -2.45. The molecular weight excluding hydrogens is 572 g/mol. The minimum atomic E-state index is -0.740. The Bertz CT molecular complexity index is 1510. The predicted octanol–water partition coefficient (Wildman–Crippen LogP) is 5.48. The van der Waals surface area contributed by atoms with Crippen LogP contribution in [0.25, 0.3) is 0 Å². The second-order valence-electron chi connectivity index (χ2n) is 12.3. The number of esters is 2. The summed E-state index contributed by atoms with van der Waals surface area (Å²) in [6.07, 6.45) is 5.55. The van der Waals surface area contributed by atoms with E-state index in [0.29, 0.717) is 0 Å². The van der Waals surface area contributed by atoms with E-state index >= 15 is 0 Å². The van der Waals surface area contributed by atoms with Crippen LogP contribution < -0.4 is 5.32 Å². The third-order valence-corrected chi connectivity index (χ3v) is 9.12. The first-order valence-corrected chi connectivity index (χ1v) is 15.9. The molecule has 2 fully saturated rings. The number of benzene rings is 3. The highest BCUT2D eigenvalue weighted by Crippen LogP contribution is 2.42. The SMILES string of the molecule is C[C@H]1[C@@H](CN2CCCCCCC2)OC(c2ccc(CNC(=O)c3ccc4c(c3)C(=O)OC4=O)cc2)O[C@H]1c1ccc(CO)cc1. The maximum absolute atomic E-state index is 12.8. The van der Waals surface area contributed by atoms with E-state index in [0.717, 1.165) is 41.9 Å². The van der Waals surface area contributed by atoms with E-state index in [1.807, 2.05) is 48.5 Å². The average molecular weight is 613 g/mol. The Morgan fingerprint density at radius 2 is 1.47 bits per heavy atom. The fourth-order valence-corrected chi connectivity index (χ4v) is 6.38. The number of nitrogens with one attached hydrogen (secondary N) is 1. The van der Waals surface area contributed by atoms with Crippen LogP contribution in [-0.4, -0.2) is 53.6 Å². The van der Waals surface area contributed by atoms with Gasteiger partial charge in [0.15, 0.2) is 6.29 Å². The monoisotopic (exact) mass is 612 g/mol. The number of fused-ring (bicyclic) bond motifs is 1. The summed E-state index contributed by atoms with van der Waals surface area (Å²) in [7, 11) is 0. The molecule has 3 heterocycles. The highest BCUT2D eigenvalue weighted by atomic mass is 16.7. The van der Waals surface area contributed by atoms with E-state index in [4.69, 9.17) is 9.47 Å². The van der Waals surface area contributed by atoms with Crippen LogP contribution in [0.2, 0.25) is 0 Å². The Hall–Kier alpha value is -3.89. The third-order valence-electron chi connectivity index (χ3n) is 9.12. The van der Waals surface area contributed by atoms with E-state index < -0.39 is 18.2 Å². The van der Waals surface area contributed by atoms with Crippen molar-refractivity contribution in [2.24, 2.45) is 5.92 Å².